The molecule has 1 unspecified atom stereocenters. The summed E-state index contributed by atoms with van der Waals surface area (Å²) in [4.78, 5) is 14.1. The zero-order valence-electron chi connectivity index (χ0n) is 18.8. The van der Waals surface area contributed by atoms with Crippen molar-refractivity contribution in [2.24, 2.45) is 0 Å². The monoisotopic (exact) mass is 483 g/mol. The van der Waals surface area contributed by atoms with Gasteiger partial charge in [0.05, 0.1) is 4.90 Å². The van der Waals surface area contributed by atoms with Gasteiger partial charge < -0.3 is 4.74 Å². The zero-order valence-corrected chi connectivity index (χ0v) is 19.6. The van der Waals surface area contributed by atoms with Crippen molar-refractivity contribution in [1.82, 2.24) is 15.1 Å². The first-order chi connectivity index (χ1) is 16.5. The molecule has 8 nitrogen and oxygen atoms in total. The number of carbonyl (C=O) groups is 1. The Labute approximate surface area is 199 Å². The highest BCUT2D eigenvalue weighted by Gasteiger charge is 2.28. The summed E-state index contributed by atoms with van der Waals surface area (Å²) in [6, 6.07) is 19.6. The summed E-state index contributed by atoms with van der Waals surface area (Å²) in [6.07, 6.45) is 2.94. The van der Waals surface area contributed by atoms with Gasteiger partial charge in [-0.1, -0.05) is 42.8 Å². The van der Waals surface area contributed by atoms with Gasteiger partial charge in [0, 0.05) is 6.54 Å². The van der Waals surface area contributed by atoms with Crippen molar-refractivity contribution in [2.45, 2.75) is 36.8 Å². The molecule has 1 fully saturated rings. The largest absolute Gasteiger partial charge is 0.489 e. The molecule has 0 saturated carbocycles. The highest BCUT2D eigenvalue weighted by atomic mass is 32.2. The Balaban J connectivity index is 1.36. The maximum Gasteiger partial charge on any atom is 0.262 e. The first-order valence-electron chi connectivity index (χ1n) is 11.3. The molecule has 1 aliphatic heterocycles. The van der Waals surface area contributed by atoms with Crippen LogP contribution in [-0.2, 0) is 21.4 Å². The van der Waals surface area contributed by atoms with Crippen LogP contribution in [0, 0.1) is 0 Å². The fourth-order valence-corrected chi connectivity index (χ4v) is 5.21. The molecule has 1 heterocycles. The molecule has 1 atom stereocenters. The maximum atomic E-state index is 12.8. The van der Waals surface area contributed by atoms with E-state index in [2.05, 4.69) is 16.9 Å². The third-order valence-electron chi connectivity index (χ3n) is 6.06. The molecule has 4 rings (SSSR count). The number of benzene rings is 3. The van der Waals surface area contributed by atoms with Crippen molar-refractivity contribution in [1.29, 1.82) is 0 Å². The molecule has 1 saturated heterocycles. The second-order valence-electron chi connectivity index (χ2n) is 8.38. The van der Waals surface area contributed by atoms with Gasteiger partial charge in [0.25, 0.3) is 5.91 Å². The number of rotatable bonds is 9. The van der Waals surface area contributed by atoms with Crippen LogP contribution in [0.15, 0.2) is 71.6 Å². The van der Waals surface area contributed by atoms with Crippen LogP contribution in [0.3, 0.4) is 0 Å². The first-order valence-corrected chi connectivity index (χ1v) is 12.8. The Kier molecular flexibility index (Phi) is 7.79. The minimum atomic E-state index is -3.84. The molecular formula is C25H29N3O5S. The molecule has 34 heavy (non-hydrogen) atoms. The fourth-order valence-electron chi connectivity index (χ4n) is 4.17. The minimum Gasteiger partial charge on any atom is -0.489 e. The van der Waals surface area contributed by atoms with E-state index in [0.29, 0.717) is 25.4 Å². The van der Waals surface area contributed by atoms with E-state index in [-0.39, 0.29) is 11.4 Å². The third-order valence-corrected chi connectivity index (χ3v) is 7.50. The van der Waals surface area contributed by atoms with Gasteiger partial charge in [-0.05, 0) is 72.6 Å². The summed E-state index contributed by atoms with van der Waals surface area (Å²) in [5.41, 5.74) is 2.67. The Morgan fingerprint density at radius 1 is 0.971 bits per heavy atom. The number of nitrogens with one attached hydrogen (secondary N) is 2. The van der Waals surface area contributed by atoms with E-state index in [9.17, 15) is 13.2 Å². The van der Waals surface area contributed by atoms with Crippen LogP contribution in [0.2, 0.25) is 0 Å². The molecule has 0 radical (unpaired) electrons. The second-order valence-corrected chi connectivity index (χ2v) is 10.1. The topological polar surface area (TPSA) is 108 Å². The summed E-state index contributed by atoms with van der Waals surface area (Å²) in [5, 5.41) is 11.4. The van der Waals surface area contributed by atoms with Crippen molar-refractivity contribution < 1.29 is 23.2 Å². The maximum absolute atomic E-state index is 12.8. The molecule has 0 aliphatic carbocycles. The molecule has 9 heteroatoms. The summed E-state index contributed by atoms with van der Waals surface area (Å²) in [7, 11) is -3.84. The van der Waals surface area contributed by atoms with E-state index in [1.165, 1.54) is 12.1 Å². The summed E-state index contributed by atoms with van der Waals surface area (Å²) >= 11 is 0. The summed E-state index contributed by atoms with van der Waals surface area (Å²) in [5.74, 6) is -0.0694. The zero-order chi connectivity index (χ0) is 24.0. The quantitative estimate of drug-likeness (QED) is 0.319. The smallest absolute Gasteiger partial charge is 0.262 e. The van der Waals surface area contributed by atoms with Crippen LogP contribution in [0.5, 0.6) is 5.75 Å². The number of fused-ring (bicyclic) bond motifs is 1. The molecule has 0 bridgehead atoms. The van der Waals surface area contributed by atoms with Gasteiger partial charge in [-0.25, -0.2) is 18.6 Å². The van der Waals surface area contributed by atoms with E-state index in [1.807, 2.05) is 35.2 Å². The van der Waals surface area contributed by atoms with Crippen molar-refractivity contribution in [2.75, 3.05) is 19.6 Å². The standard InChI is InChI=1S/C25H29N3O5S/c29-25(27-30)24(28-14-4-1-5-15-28)17-26-34(31,32)23-12-10-22(11-13-23)33-18-19-8-9-20-6-2-3-7-21(20)16-19/h2-3,6-13,16,24,26,30H,1,4-5,14-15,17-18H2,(H,27,29). The normalized spacial score (nSPS) is 15.7. The number of sulfonamides is 1. The summed E-state index contributed by atoms with van der Waals surface area (Å²) in [6.45, 7) is 1.60. The first kappa shape index (κ1) is 24.2. The van der Waals surface area contributed by atoms with E-state index in [0.717, 1.165) is 35.6 Å². The lowest BCUT2D eigenvalue weighted by Gasteiger charge is -2.33. The number of carbonyl (C=O) groups excluding carboxylic acids is 1. The van der Waals surface area contributed by atoms with Crippen LogP contribution in [0.4, 0.5) is 0 Å². The van der Waals surface area contributed by atoms with E-state index < -0.39 is 22.0 Å². The van der Waals surface area contributed by atoms with Gasteiger partial charge in [-0.3, -0.25) is 14.9 Å². The van der Waals surface area contributed by atoms with E-state index >= 15 is 0 Å². The SMILES string of the molecule is O=C(NO)C(CNS(=O)(=O)c1ccc(OCc2ccc3ccccc3c2)cc1)N1CCCCC1. The van der Waals surface area contributed by atoms with Crippen LogP contribution >= 0.6 is 0 Å². The van der Waals surface area contributed by atoms with Crippen molar-refractivity contribution in [3.8, 4) is 5.75 Å². The van der Waals surface area contributed by atoms with Crippen LogP contribution in [0.1, 0.15) is 24.8 Å². The molecule has 1 amide bonds. The van der Waals surface area contributed by atoms with Crippen LogP contribution in [-0.4, -0.2) is 50.1 Å². The van der Waals surface area contributed by atoms with Crippen molar-refractivity contribution >= 4 is 26.7 Å². The number of hydrogen-bond donors (Lipinski definition) is 3. The molecule has 3 aromatic carbocycles. The van der Waals surface area contributed by atoms with Crippen molar-refractivity contribution in [3.63, 3.8) is 0 Å². The summed E-state index contributed by atoms with van der Waals surface area (Å²) < 4.78 is 33.9. The van der Waals surface area contributed by atoms with Gasteiger partial charge in [-0.15, -0.1) is 0 Å². The van der Waals surface area contributed by atoms with Gasteiger partial charge >= 0.3 is 0 Å². The number of ether oxygens (including phenoxy) is 1. The minimum absolute atomic E-state index is 0.0763. The molecule has 3 aromatic rings. The number of amides is 1. The lowest BCUT2D eigenvalue weighted by molar-refractivity contribution is -0.135. The molecular weight excluding hydrogens is 454 g/mol. The van der Waals surface area contributed by atoms with E-state index in [1.54, 1.807) is 17.6 Å². The van der Waals surface area contributed by atoms with Gasteiger partial charge in [0.2, 0.25) is 10.0 Å². The number of likely N-dealkylation sites (tertiary alicyclic amines) is 1. The molecule has 0 spiro atoms. The van der Waals surface area contributed by atoms with Gasteiger partial charge in [0.15, 0.2) is 0 Å². The molecule has 0 aromatic heterocycles. The van der Waals surface area contributed by atoms with Crippen molar-refractivity contribution in [3.05, 3.63) is 72.3 Å². The molecule has 180 valence electrons. The lowest BCUT2D eigenvalue weighted by atomic mass is 10.1. The average Bonchev–Trinajstić information content (AvgIpc) is 2.88. The molecule has 3 N–H and O–H groups in total. The Morgan fingerprint density at radius 2 is 1.68 bits per heavy atom. The number of nitrogens with zero attached hydrogens (tertiary/aromatic N) is 1. The van der Waals surface area contributed by atoms with Gasteiger partial charge in [-0.2, -0.15) is 0 Å². The molecule has 1 aliphatic rings. The number of hydrogen-bond acceptors (Lipinski definition) is 6. The third kappa shape index (κ3) is 5.92. The van der Waals surface area contributed by atoms with Crippen LogP contribution in [0.25, 0.3) is 10.8 Å². The average molecular weight is 484 g/mol. The second kappa shape index (κ2) is 11.0. The Morgan fingerprint density at radius 3 is 2.38 bits per heavy atom. The predicted octanol–water partition coefficient (Wildman–Crippen LogP) is 3.06. The number of hydroxylamine groups is 1. The van der Waals surface area contributed by atoms with E-state index in [4.69, 9.17) is 9.94 Å². The fraction of sp³-hybridized carbons (Fsp3) is 0.320. The Bertz CT molecular complexity index is 1220. The van der Waals surface area contributed by atoms with Gasteiger partial charge in [0.1, 0.15) is 18.4 Å². The Hall–Kier alpha value is -2.98. The highest BCUT2D eigenvalue weighted by Crippen LogP contribution is 2.20. The highest BCUT2D eigenvalue weighted by molar-refractivity contribution is 7.89. The number of piperidine rings is 1. The predicted molar refractivity (Wildman–Crippen MR) is 129 cm³/mol. The lowest BCUT2D eigenvalue weighted by Crippen LogP contribution is -2.53. The van der Waals surface area contributed by atoms with Crippen LogP contribution < -0.4 is 14.9 Å².